The second kappa shape index (κ2) is 12.0. The lowest BCUT2D eigenvalue weighted by Crippen LogP contribution is -2.42. The number of nitrogens with zero attached hydrogens (tertiary/aromatic N) is 5. The standard InChI is InChI=1S/C32H39F3N6O3S/c1-31(2,3)11-17-40-28(43)24(45-29(40)21-6-4-7-22(33)26(21)39-16-12-32(34,35)19-39)18-25(42)38-14-9-20(10-15-38)41-23-8-5-13-36-27(23)37-30(41)44/h4-8,13,20,24,29H,9-12,14-19H2,1-3H3,(H,36,37,44)/t24-,29?/m0/s1. The van der Waals surface area contributed by atoms with Crippen LogP contribution < -0.4 is 10.6 Å². The van der Waals surface area contributed by atoms with E-state index in [0.29, 0.717) is 50.1 Å². The predicted octanol–water partition coefficient (Wildman–Crippen LogP) is 5.34. The molecule has 0 radical (unpaired) electrons. The SMILES string of the molecule is CC(C)(C)CCN1C(=O)[C@H](CC(=O)N2CCC(n3c(=O)[nH]c4ncccc43)CC2)SC1c1cccc(F)c1N1CCC(F)(F)C1. The van der Waals surface area contributed by atoms with Gasteiger partial charge in [0.2, 0.25) is 11.8 Å². The monoisotopic (exact) mass is 644 g/mol. The Kier molecular flexibility index (Phi) is 8.42. The summed E-state index contributed by atoms with van der Waals surface area (Å²) >= 11 is 1.30. The molecule has 3 aromatic rings. The van der Waals surface area contributed by atoms with Gasteiger partial charge in [-0.05, 0) is 42.9 Å². The lowest BCUT2D eigenvalue weighted by atomic mass is 9.92. The van der Waals surface area contributed by atoms with Crippen LogP contribution in [0.3, 0.4) is 0 Å². The van der Waals surface area contributed by atoms with Crippen molar-refractivity contribution < 1.29 is 22.8 Å². The number of piperidine rings is 1. The normalized spacial score (nSPS) is 22.6. The molecule has 2 amide bonds. The van der Waals surface area contributed by atoms with Gasteiger partial charge in [-0.25, -0.2) is 22.9 Å². The molecule has 3 fully saturated rings. The van der Waals surface area contributed by atoms with Gasteiger partial charge in [-0.1, -0.05) is 32.9 Å². The summed E-state index contributed by atoms with van der Waals surface area (Å²) in [4.78, 5) is 51.9. The summed E-state index contributed by atoms with van der Waals surface area (Å²) in [6.07, 6.45) is 3.12. The van der Waals surface area contributed by atoms with Crippen LogP contribution in [0.1, 0.15) is 69.9 Å². The van der Waals surface area contributed by atoms with E-state index < -0.39 is 28.9 Å². The molecule has 242 valence electrons. The third-order valence-corrected chi connectivity index (χ3v) is 10.5. The summed E-state index contributed by atoms with van der Waals surface area (Å²) in [5.41, 5.74) is 1.54. The number of para-hydroxylation sites is 1. The van der Waals surface area contributed by atoms with Crippen LogP contribution in [0.25, 0.3) is 11.2 Å². The number of aromatic amines is 1. The number of alkyl halides is 2. The Labute approximate surface area is 264 Å². The number of carbonyl (C=O) groups excluding carboxylic acids is 2. The minimum absolute atomic E-state index is 0.0138. The molecule has 3 aliphatic heterocycles. The van der Waals surface area contributed by atoms with Crippen molar-refractivity contribution >= 4 is 40.4 Å². The number of fused-ring (bicyclic) bond motifs is 1. The Morgan fingerprint density at radius 2 is 1.87 bits per heavy atom. The van der Waals surface area contributed by atoms with Gasteiger partial charge in [-0.2, -0.15) is 0 Å². The molecule has 0 aliphatic carbocycles. The fourth-order valence-corrected chi connectivity index (χ4v) is 8.12. The quantitative estimate of drug-likeness (QED) is 0.373. The second-order valence-corrected chi connectivity index (χ2v) is 14.8. The molecule has 1 unspecified atom stereocenters. The van der Waals surface area contributed by atoms with Crippen LogP contribution in [0, 0.1) is 11.2 Å². The van der Waals surface area contributed by atoms with Crippen LogP contribution in [-0.2, 0) is 9.59 Å². The average molecular weight is 645 g/mol. The first-order valence-corrected chi connectivity index (χ1v) is 16.5. The summed E-state index contributed by atoms with van der Waals surface area (Å²) in [6, 6.07) is 8.08. The van der Waals surface area contributed by atoms with E-state index in [2.05, 4.69) is 30.7 Å². The van der Waals surface area contributed by atoms with Gasteiger partial charge in [-0.3, -0.25) is 19.1 Å². The summed E-state index contributed by atoms with van der Waals surface area (Å²) in [6.45, 7) is 6.95. The van der Waals surface area contributed by atoms with E-state index in [1.807, 2.05) is 6.07 Å². The zero-order chi connectivity index (χ0) is 32.1. The van der Waals surface area contributed by atoms with E-state index in [-0.39, 0.29) is 54.0 Å². The molecule has 45 heavy (non-hydrogen) atoms. The fourth-order valence-electron chi connectivity index (χ4n) is 6.62. The van der Waals surface area contributed by atoms with E-state index in [1.54, 1.807) is 38.8 Å². The summed E-state index contributed by atoms with van der Waals surface area (Å²) < 4.78 is 45.4. The van der Waals surface area contributed by atoms with Crippen molar-refractivity contribution in [1.82, 2.24) is 24.3 Å². The van der Waals surface area contributed by atoms with Crippen molar-refractivity contribution in [2.45, 2.75) is 75.5 Å². The number of anilines is 1. The molecule has 13 heteroatoms. The number of carbonyl (C=O) groups is 2. The first-order chi connectivity index (χ1) is 21.3. The molecule has 1 aromatic carbocycles. The predicted molar refractivity (Wildman–Crippen MR) is 168 cm³/mol. The lowest BCUT2D eigenvalue weighted by Gasteiger charge is -2.33. The molecule has 0 saturated carbocycles. The molecule has 6 rings (SSSR count). The van der Waals surface area contributed by atoms with Crippen LogP contribution in [0.2, 0.25) is 0 Å². The number of aromatic nitrogens is 3. The molecular formula is C32H39F3N6O3S. The van der Waals surface area contributed by atoms with Crippen LogP contribution in [0.15, 0.2) is 41.3 Å². The molecule has 3 saturated heterocycles. The smallest absolute Gasteiger partial charge is 0.327 e. The summed E-state index contributed by atoms with van der Waals surface area (Å²) in [5, 5.41) is -1.29. The molecule has 2 aromatic heterocycles. The minimum Gasteiger partial charge on any atom is -0.363 e. The van der Waals surface area contributed by atoms with Crippen molar-refractivity contribution in [3.63, 3.8) is 0 Å². The van der Waals surface area contributed by atoms with E-state index >= 15 is 4.39 Å². The number of imidazole rings is 1. The van der Waals surface area contributed by atoms with Crippen LogP contribution >= 0.6 is 11.8 Å². The minimum atomic E-state index is -2.91. The maximum Gasteiger partial charge on any atom is 0.327 e. The van der Waals surface area contributed by atoms with Gasteiger partial charge in [0.1, 0.15) is 11.2 Å². The van der Waals surface area contributed by atoms with E-state index in [4.69, 9.17) is 0 Å². The maximum atomic E-state index is 15.3. The summed E-state index contributed by atoms with van der Waals surface area (Å²) in [5.74, 6) is -3.85. The van der Waals surface area contributed by atoms with Gasteiger partial charge in [0.15, 0.2) is 5.65 Å². The van der Waals surface area contributed by atoms with Crippen LogP contribution in [0.4, 0.5) is 18.9 Å². The highest BCUT2D eigenvalue weighted by atomic mass is 32.2. The van der Waals surface area contributed by atoms with Crippen LogP contribution in [-0.4, -0.2) is 80.0 Å². The number of nitrogens with one attached hydrogen (secondary N) is 1. The Morgan fingerprint density at radius 3 is 2.56 bits per heavy atom. The highest BCUT2D eigenvalue weighted by Gasteiger charge is 2.46. The van der Waals surface area contributed by atoms with E-state index in [9.17, 15) is 23.2 Å². The number of likely N-dealkylation sites (tertiary alicyclic amines) is 1. The van der Waals surface area contributed by atoms with Crippen molar-refractivity contribution in [2.24, 2.45) is 5.41 Å². The number of pyridine rings is 1. The lowest BCUT2D eigenvalue weighted by molar-refractivity contribution is -0.136. The largest absolute Gasteiger partial charge is 0.363 e. The number of rotatable bonds is 7. The molecule has 2 atom stereocenters. The first kappa shape index (κ1) is 31.5. The third-order valence-electron chi connectivity index (χ3n) is 9.04. The maximum absolute atomic E-state index is 15.3. The number of amides is 2. The number of H-pyrrole nitrogens is 1. The number of hydrogen-bond acceptors (Lipinski definition) is 6. The van der Waals surface area contributed by atoms with Crippen molar-refractivity contribution in [3.05, 3.63) is 58.4 Å². The molecule has 5 heterocycles. The van der Waals surface area contributed by atoms with Crippen LogP contribution in [0.5, 0.6) is 0 Å². The van der Waals surface area contributed by atoms with E-state index in [1.165, 1.54) is 22.7 Å². The third kappa shape index (κ3) is 6.45. The van der Waals surface area contributed by atoms with Gasteiger partial charge in [0.25, 0.3) is 5.92 Å². The Balaban J connectivity index is 1.18. The van der Waals surface area contributed by atoms with Gasteiger partial charge >= 0.3 is 5.69 Å². The second-order valence-electron chi connectivity index (χ2n) is 13.5. The highest BCUT2D eigenvalue weighted by Crippen LogP contribution is 2.49. The number of thioether (sulfide) groups is 1. The number of halogens is 3. The van der Waals surface area contributed by atoms with Gasteiger partial charge < -0.3 is 14.7 Å². The van der Waals surface area contributed by atoms with Crippen molar-refractivity contribution in [3.8, 4) is 0 Å². The van der Waals surface area contributed by atoms with Gasteiger partial charge in [0, 0.05) is 56.8 Å². The first-order valence-electron chi connectivity index (χ1n) is 15.5. The fraction of sp³-hybridized carbons (Fsp3) is 0.562. The Bertz CT molecular complexity index is 1640. The van der Waals surface area contributed by atoms with Crippen molar-refractivity contribution in [1.29, 1.82) is 0 Å². The molecule has 1 N–H and O–H groups in total. The molecule has 0 bridgehead atoms. The number of benzene rings is 1. The van der Waals surface area contributed by atoms with E-state index in [0.717, 1.165) is 5.52 Å². The zero-order valence-corrected chi connectivity index (χ0v) is 26.6. The zero-order valence-electron chi connectivity index (χ0n) is 25.8. The molecule has 0 spiro atoms. The Hall–Kier alpha value is -3.48. The molecular weight excluding hydrogens is 605 g/mol. The molecule has 3 aliphatic rings. The Morgan fingerprint density at radius 1 is 1.11 bits per heavy atom. The highest BCUT2D eigenvalue weighted by molar-refractivity contribution is 8.01. The topological polar surface area (TPSA) is 94.5 Å². The van der Waals surface area contributed by atoms with Gasteiger partial charge in [-0.15, -0.1) is 11.8 Å². The number of hydrogen-bond donors (Lipinski definition) is 1. The molecule has 9 nitrogen and oxygen atoms in total. The van der Waals surface area contributed by atoms with Crippen molar-refractivity contribution in [2.75, 3.05) is 37.6 Å². The van der Waals surface area contributed by atoms with Gasteiger partial charge in [0.05, 0.1) is 23.0 Å². The average Bonchev–Trinajstić information content (AvgIpc) is 3.62. The summed E-state index contributed by atoms with van der Waals surface area (Å²) in [7, 11) is 0.